The number of ether oxygens (including phenoxy) is 1. The molecular formula is C9H11F2NO2. The molecule has 0 spiro atoms. The van der Waals surface area contributed by atoms with E-state index in [2.05, 4.69) is 9.57 Å². The molecule has 5 heteroatoms. The summed E-state index contributed by atoms with van der Waals surface area (Å²) in [4.78, 5) is 4.38. The van der Waals surface area contributed by atoms with Crippen molar-refractivity contribution in [2.24, 2.45) is 5.90 Å². The van der Waals surface area contributed by atoms with Gasteiger partial charge in [-0.1, -0.05) is 12.1 Å². The summed E-state index contributed by atoms with van der Waals surface area (Å²) < 4.78 is 27.9. The first-order chi connectivity index (χ1) is 6.72. The van der Waals surface area contributed by atoms with Crippen molar-refractivity contribution in [3.8, 4) is 5.75 Å². The smallest absolute Gasteiger partial charge is 0.387 e. The van der Waals surface area contributed by atoms with Crippen LogP contribution in [0.4, 0.5) is 8.78 Å². The zero-order chi connectivity index (χ0) is 10.4. The van der Waals surface area contributed by atoms with Crippen LogP contribution in [0.2, 0.25) is 0 Å². The molecule has 0 unspecified atom stereocenters. The van der Waals surface area contributed by atoms with Crippen LogP contribution in [0.15, 0.2) is 24.3 Å². The van der Waals surface area contributed by atoms with Gasteiger partial charge in [-0.2, -0.15) is 8.78 Å². The molecule has 0 heterocycles. The third kappa shape index (κ3) is 3.68. The average Bonchev–Trinajstić information content (AvgIpc) is 2.14. The van der Waals surface area contributed by atoms with Gasteiger partial charge in [0.05, 0.1) is 6.61 Å². The molecule has 0 aliphatic carbocycles. The molecule has 0 saturated carbocycles. The third-order valence-electron chi connectivity index (χ3n) is 1.63. The van der Waals surface area contributed by atoms with Crippen molar-refractivity contribution < 1.29 is 18.4 Å². The molecule has 0 aliphatic rings. The summed E-state index contributed by atoms with van der Waals surface area (Å²) in [6, 6.07) is 6.44. The van der Waals surface area contributed by atoms with Crippen LogP contribution in [0.1, 0.15) is 5.56 Å². The van der Waals surface area contributed by atoms with E-state index in [1.54, 1.807) is 12.1 Å². The van der Waals surface area contributed by atoms with Gasteiger partial charge >= 0.3 is 6.61 Å². The molecular weight excluding hydrogens is 192 g/mol. The van der Waals surface area contributed by atoms with Crippen LogP contribution in [0.5, 0.6) is 5.75 Å². The second-order valence-electron chi connectivity index (χ2n) is 2.65. The number of alkyl halides is 2. The minimum absolute atomic E-state index is 0.148. The molecule has 78 valence electrons. The highest BCUT2D eigenvalue weighted by atomic mass is 19.3. The Balaban J connectivity index is 2.59. The summed E-state index contributed by atoms with van der Waals surface area (Å²) in [5, 5.41) is 0. The SMILES string of the molecule is NOCCc1cccc(OC(F)F)c1. The highest BCUT2D eigenvalue weighted by molar-refractivity contribution is 5.28. The quantitative estimate of drug-likeness (QED) is 0.741. The van der Waals surface area contributed by atoms with Crippen LogP contribution in [0.3, 0.4) is 0 Å². The van der Waals surface area contributed by atoms with Crippen molar-refractivity contribution in [2.45, 2.75) is 13.0 Å². The maximum absolute atomic E-state index is 11.8. The van der Waals surface area contributed by atoms with Crippen molar-refractivity contribution in [1.82, 2.24) is 0 Å². The lowest BCUT2D eigenvalue weighted by molar-refractivity contribution is -0.0498. The van der Waals surface area contributed by atoms with Crippen molar-refractivity contribution in [2.75, 3.05) is 6.61 Å². The van der Waals surface area contributed by atoms with E-state index in [9.17, 15) is 8.78 Å². The predicted octanol–water partition coefficient (Wildman–Crippen LogP) is 1.72. The topological polar surface area (TPSA) is 44.5 Å². The molecule has 1 rings (SSSR count). The molecule has 1 aromatic carbocycles. The van der Waals surface area contributed by atoms with Gasteiger partial charge in [-0.3, -0.25) is 0 Å². The van der Waals surface area contributed by atoms with Crippen molar-refractivity contribution >= 4 is 0 Å². The fourth-order valence-corrected chi connectivity index (χ4v) is 1.05. The van der Waals surface area contributed by atoms with Crippen LogP contribution < -0.4 is 10.6 Å². The number of benzene rings is 1. The Morgan fingerprint density at radius 2 is 2.14 bits per heavy atom. The summed E-state index contributed by atoms with van der Waals surface area (Å²) in [6.07, 6.45) is 0.566. The lowest BCUT2D eigenvalue weighted by Crippen LogP contribution is -2.05. The molecule has 2 N–H and O–H groups in total. The Morgan fingerprint density at radius 3 is 2.79 bits per heavy atom. The molecule has 1 aromatic rings. The van der Waals surface area contributed by atoms with Crippen LogP contribution in [0, 0.1) is 0 Å². The van der Waals surface area contributed by atoms with Gasteiger partial charge in [-0.25, -0.2) is 5.90 Å². The van der Waals surface area contributed by atoms with Crippen LogP contribution in [0.25, 0.3) is 0 Å². The van der Waals surface area contributed by atoms with E-state index in [1.807, 2.05) is 0 Å². The number of nitrogens with two attached hydrogens (primary N) is 1. The van der Waals surface area contributed by atoms with E-state index in [0.29, 0.717) is 13.0 Å². The molecule has 0 amide bonds. The molecule has 0 saturated heterocycles. The predicted molar refractivity (Wildman–Crippen MR) is 46.9 cm³/mol. The minimum Gasteiger partial charge on any atom is -0.435 e. The first kappa shape index (κ1) is 10.9. The van der Waals surface area contributed by atoms with Crippen molar-refractivity contribution in [3.63, 3.8) is 0 Å². The Labute approximate surface area is 80.4 Å². The lowest BCUT2D eigenvalue weighted by atomic mass is 10.1. The van der Waals surface area contributed by atoms with Crippen molar-refractivity contribution in [1.29, 1.82) is 0 Å². The highest BCUT2D eigenvalue weighted by Crippen LogP contribution is 2.16. The van der Waals surface area contributed by atoms with Gasteiger partial charge in [0, 0.05) is 0 Å². The lowest BCUT2D eigenvalue weighted by Gasteiger charge is -2.06. The molecule has 0 fully saturated rings. The summed E-state index contributed by atoms with van der Waals surface area (Å²) in [5.41, 5.74) is 0.841. The van der Waals surface area contributed by atoms with Gasteiger partial charge < -0.3 is 9.57 Å². The maximum Gasteiger partial charge on any atom is 0.387 e. The molecule has 0 bridgehead atoms. The minimum atomic E-state index is -2.80. The van der Waals surface area contributed by atoms with Gasteiger partial charge in [0.2, 0.25) is 0 Å². The summed E-state index contributed by atoms with van der Waals surface area (Å²) >= 11 is 0. The highest BCUT2D eigenvalue weighted by Gasteiger charge is 2.04. The van der Waals surface area contributed by atoms with E-state index < -0.39 is 6.61 Å². The van der Waals surface area contributed by atoms with Gasteiger partial charge in [0.15, 0.2) is 0 Å². The Bertz CT molecular complexity index is 281. The van der Waals surface area contributed by atoms with E-state index in [-0.39, 0.29) is 5.75 Å². The molecule has 0 aliphatic heterocycles. The van der Waals surface area contributed by atoms with E-state index in [1.165, 1.54) is 12.1 Å². The monoisotopic (exact) mass is 203 g/mol. The van der Waals surface area contributed by atoms with Gasteiger partial charge in [0.1, 0.15) is 5.75 Å². The van der Waals surface area contributed by atoms with Crippen LogP contribution in [-0.2, 0) is 11.3 Å². The first-order valence-electron chi connectivity index (χ1n) is 4.08. The fourth-order valence-electron chi connectivity index (χ4n) is 1.05. The number of hydrogen-bond donors (Lipinski definition) is 1. The van der Waals surface area contributed by atoms with E-state index in [4.69, 9.17) is 5.90 Å². The second kappa shape index (κ2) is 5.51. The Morgan fingerprint density at radius 1 is 1.36 bits per heavy atom. The summed E-state index contributed by atoms with van der Waals surface area (Å²) in [7, 11) is 0. The molecule has 0 aromatic heterocycles. The fraction of sp³-hybridized carbons (Fsp3) is 0.333. The third-order valence-corrected chi connectivity index (χ3v) is 1.63. The maximum atomic E-state index is 11.8. The molecule has 0 atom stereocenters. The average molecular weight is 203 g/mol. The molecule has 3 nitrogen and oxygen atoms in total. The summed E-state index contributed by atoms with van der Waals surface area (Å²) in [6.45, 7) is -2.45. The second-order valence-corrected chi connectivity index (χ2v) is 2.65. The number of hydrogen-bond acceptors (Lipinski definition) is 3. The van der Waals surface area contributed by atoms with Crippen molar-refractivity contribution in [3.05, 3.63) is 29.8 Å². The van der Waals surface area contributed by atoms with Gasteiger partial charge in [-0.05, 0) is 24.1 Å². The Kier molecular flexibility index (Phi) is 4.28. The van der Waals surface area contributed by atoms with Gasteiger partial charge in [-0.15, -0.1) is 0 Å². The summed E-state index contributed by atoms with van der Waals surface area (Å²) in [5.74, 6) is 4.99. The zero-order valence-electron chi connectivity index (χ0n) is 7.45. The molecule has 0 radical (unpaired) electrons. The number of halogens is 2. The van der Waals surface area contributed by atoms with E-state index >= 15 is 0 Å². The number of rotatable bonds is 5. The molecule has 14 heavy (non-hydrogen) atoms. The van der Waals surface area contributed by atoms with Gasteiger partial charge in [0.25, 0.3) is 0 Å². The van der Waals surface area contributed by atoms with E-state index in [0.717, 1.165) is 5.56 Å². The first-order valence-corrected chi connectivity index (χ1v) is 4.08. The van der Waals surface area contributed by atoms with Crippen LogP contribution >= 0.6 is 0 Å². The standard InChI is InChI=1S/C9H11F2NO2/c10-9(11)14-8-3-1-2-7(6-8)4-5-13-12/h1-3,6,9H,4-5,12H2. The van der Waals surface area contributed by atoms with Crippen LogP contribution in [-0.4, -0.2) is 13.2 Å². The largest absolute Gasteiger partial charge is 0.435 e. The zero-order valence-corrected chi connectivity index (χ0v) is 7.45. The Hall–Kier alpha value is -1.20. The normalized spacial score (nSPS) is 10.6.